The second-order valence-electron chi connectivity index (χ2n) is 4.22. The molecule has 0 aromatic carbocycles. The van der Waals surface area contributed by atoms with E-state index in [1.54, 1.807) is 5.56 Å². The molecule has 1 aromatic rings. The van der Waals surface area contributed by atoms with Crippen molar-refractivity contribution in [3.63, 3.8) is 0 Å². The number of hydrogen-bond acceptors (Lipinski definition) is 1. The van der Waals surface area contributed by atoms with Gasteiger partial charge in [-0.25, -0.2) is 0 Å². The van der Waals surface area contributed by atoms with Crippen LogP contribution in [0.4, 0.5) is 0 Å². The molecular formula is C10H16INS. The van der Waals surface area contributed by atoms with Crippen molar-refractivity contribution >= 4 is 11.3 Å². The Labute approximate surface area is 101 Å². The predicted octanol–water partition coefficient (Wildman–Crippen LogP) is -0.337. The van der Waals surface area contributed by atoms with Gasteiger partial charge in [0.1, 0.15) is 6.04 Å². The van der Waals surface area contributed by atoms with Gasteiger partial charge in [-0.1, -0.05) is 0 Å². The number of halogens is 1. The smallest absolute Gasteiger partial charge is 0.115 e. The van der Waals surface area contributed by atoms with Gasteiger partial charge >= 0.3 is 0 Å². The summed E-state index contributed by atoms with van der Waals surface area (Å²) >= 11 is 1.82. The Morgan fingerprint density at radius 3 is 2.69 bits per heavy atom. The van der Waals surface area contributed by atoms with Gasteiger partial charge in [0.05, 0.1) is 20.6 Å². The lowest BCUT2D eigenvalue weighted by Crippen LogP contribution is -3.00. The zero-order chi connectivity index (χ0) is 8.60. The molecule has 0 amide bonds. The van der Waals surface area contributed by atoms with E-state index in [1.807, 2.05) is 11.3 Å². The molecule has 0 spiro atoms. The summed E-state index contributed by atoms with van der Waals surface area (Å²) in [5.74, 6) is 0. The molecule has 1 atom stereocenters. The third-order valence-corrected chi connectivity index (χ3v) is 3.69. The van der Waals surface area contributed by atoms with Gasteiger partial charge in [0.2, 0.25) is 0 Å². The molecule has 0 radical (unpaired) electrons. The van der Waals surface area contributed by atoms with E-state index in [1.165, 1.54) is 23.9 Å². The summed E-state index contributed by atoms with van der Waals surface area (Å²) in [5, 5.41) is 4.49. The number of nitrogens with zero attached hydrogens (tertiary/aromatic N) is 1. The van der Waals surface area contributed by atoms with Crippen molar-refractivity contribution in [2.45, 2.75) is 18.9 Å². The highest BCUT2D eigenvalue weighted by atomic mass is 127. The number of hydrogen-bond donors (Lipinski definition) is 0. The lowest BCUT2D eigenvalue weighted by molar-refractivity contribution is -0.908. The Bertz CT molecular complexity index is 256. The maximum Gasteiger partial charge on any atom is 0.115 e. The summed E-state index contributed by atoms with van der Waals surface area (Å²) in [4.78, 5) is 0. The van der Waals surface area contributed by atoms with Crippen molar-refractivity contribution in [3.8, 4) is 0 Å². The average Bonchev–Trinajstić information content (AvgIpc) is 2.55. The molecule has 0 N–H and O–H groups in total. The van der Waals surface area contributed by atoms with Crippen LogP contribution in [0, 0.1) is 0 Å². The van der Waals surface area contributed by atoms with Crippen LogP contribution in [0.25, 0.3) is 0 Å². The highest BCUT2D eigenvalue weighted by molar-refractivity contribution is 7.07. The molecule has 3 heteroatoms. The van der Waals surface area contributed by atoms with E-state index in [-0.39, 0.29) is 24.0 Å². The first kappa shape index (κ1) is 11.5. The van der Waals surface area contributed by atoms with Crippen molar-refractivity contribution in [1.82, 2.24) is 0 Å². The maximum absolute atomic E-state index is 2.34. The van der Waals surface area contributed by atoms with Gasteiger partial charge in [-0.15, -0.1) is 0 Å². The fraction of sp³-hybridized carbons (Fsp3) is 0.600. The van der Waals surface area contributed by atoms with E-state index in [0.29, 0.717) is 0 Å². The first-order valence-corrected chi connectivity index (χ1v) is 5.49. The molecule has 13 heavy (non-hydrogen) atoms. The quantitative estimate of drug-likeness (QED) is 0.492. The molecular weight excluding hydrogens is 293 g/mol. The second kappa shape index (κ2) is 4.28. The lowest BCUT2D eigenvalue weighted by Gasteiger charge is -2.31. The Morgan fingerprint density at radius 1 is 1.46 bits per heavy atom. The highest BCUT2D eigenvalue weighted by Crippen LogP contribution is 2.36. The number of likely N-dealkylation sites (tertiary alicyclic amines) is 1. The Morgan fingerprint density at radius 2 is 2.23 bits per heavy atom. The summed E-state index contributed by atoms with van der Waals surface area (Å²) in [6.45, 7) is 1.33. The van der Waals surface area contributed by atoms with Crippen LogP contribution in [0.3, 0.4) is 0 Å². The molecule has 0 aliphatic carbocycles. The Kier molecular flexibility index (Phi) is 3.77. The zero-order valence-corrected chi connectivity index (χ0v) is 11.1. The van der Waals surface area contributed by atoms with Crippen molar-refractivity contribution in [3.05, 3.63) is 22.4 Å². The van der Waals surface area contributed by atoms with Crippen molar-refractivity contribution < 1.29 is 28.5 Å². The van der Waals surface area contributed by atoms with Crippen molar-refractivity contribution in [2.75, 3.05) is 20.6 Å². The van der Waals surface area contributed by atoms with Crippen LogP contribution in [-0.4, -0.2) is 25.1 Å². The van der Waals surface area contributed by atoms with Crippen LogP contribution in [0.15, 0.2) is 16.8 Å². The van der Waals surface area contributed by atoms with Gasteiger partial charge in [-0.05, 0) is 16.8 Å². The lowest BCUT2D eigenvalue weighted by atomic mass is 10.1. The van der Waals surface area contributed by atoms with Crippen molar-refractivity contribution in [1.29, 1.82) is 0 Å². The molecule has 2 rings (SSSR count). The van der Waals surface area contributed by atoms with E-state index in [0.717, 1.165) is 6.04 Å². The summed E-state index contributed by atoms with van der Waals surface area (Å²) in [5.41, 5.74) is 1.54. The SMILES string of the molecule is C[N+]1(C)CCCC1c1ccsc1.[I-]. The molecule has 1 aromatic heterocycles. The maximum atomic E-state index is 2.34. The predicted molar refractivity (Wildman–Crippen MR) is 53.3 cm³/mol. The molecule has 1 aliphatic heterocycles. The van der Waals surface area contributed by atoms with E-state index < -0.39 is 0 Å². The Balaban J connectivity index is 0.000000845. The number of thiophene rings is 1. The highest BCUT2D eigenvalue weighted by Gasteiger charge is 2.35. The summed E-state index contributed by atoms with van der Waals surface area (Å²) < 4.78 is 1.18. The molecule has 1 unspecified atom stereocenters. The summed E-state index contributed by atoms with van der Waals surface area (Å²) in [6, 6.07) is 3.04. The van der Waals surface area contributed by atoms with Crippen LogP contribution < -0.4 is 24.0 Å². The molecule has 74 valence electrons. The minimum atomic E-state index is 0. The molecule has 1 nitrogen and oxygen atoms in total. The first-order chi connectivity index (χ1) is 5.70. The van der Waals surface area contributed by atoms with Crippen LogP contribution in [-0.2, 0) is 0 Å². The van der Waals surface area contributed by atoms with Gasteiger partial charge in [-0.3, -0.25) is 0 Å². The van der Waals surface area contributed by atoms with Crippen LogP contribution in [0.1, 0.15) is 24.4 Å². The van der Waals surface area contributed by atoms with Crippen molar-refractivity contribution in [2.24, 2.45) is 0 Å². The van der Waals surface area contributed by atoms with Gasteiger partial charge in [0.25, 0.3) is 0 Å². The van der Waals surface area contributed by atoms with E-state index in [2.05, 4.69) is 30.9 Å². The summed E-state index contributed by atoms with van der Waals surface area (Å²) in [7, 11) is 4.69. The minimum Gasteiger partial charge on any atom is -1.00 e. The standard InChI is InChI=1S/C10H16NS.HI/c1-11(2)6-3-4-10(11)9-5-7-12-8-9;/h5,7-8,10H,3-4,6H2,1-2H3;1H/q+1;/p-1. The average molecular weight is 309 g/mol. The summed E-state index contributed by atoms with van der Waals surface area (Å²) in [6.07, 6.45) is 2.75. The second-order valence-corrected chi connectivity index (χ2v) is 5.00. The monoisotopic (exact) mass is 309 g/mol. The van der Waals surface area contributed by atoms with Crippen LogP contribution >= 0.6 is 11.3 Å². The third kappa shape index (κ3) is 2.25. The number of rotatable bonds is 1. The molecule has 1 aliphatic rings. The van der Waals surface area contributed by atoms with Gasteiger partial charge in [-0.2, -0.15) is 11.3 Å². The van der Waals surface area contributed by atoms with E-state index in [4.69, 9.17) is 0 Å². The normalized spacial score (nSPS) is 25.5. The van der Waals surface area contributed by atoms with E-state index >= 15 is 0 Å². The van der Waals surface area contributed by atoms with Crippen LogP contribution in [0.5, 0.6) is 0 Å². The topological polar surface area (TPSA) is 0 Å². The fourth-order valence-electron chi connectivity index (χ4n) is 2.23. The first-order valence-electron chi connectivity index (χ1n) is 4.55. The third-order valence-electron chi connectivity index (χ3n) is 2.98. The minimum absolute atomic E-state index is 0. The van der Waals surface area contributed by atoms with Crippen LogP contribution in [0.2, 0.25) is 0 Å². The Hall–Kier alpha value is 0.390. The van der Waals surface area contributed by atoms with E-state index in [9.17, 15) is 0 Å². The molecule has 1 saturated heterocycles. The molecule has 0 bridgehead atoms. The van der Waals surface area contributed by atoms with Gasteiger partial charge < -0.3 is 28.5 Å². The number of quaternary nitrogens is 1. The molecule has 1 fully saturated rings. The fourth-order valence-corrected chi connectivity index (χ4v) is 2.94. The molecule has 2 heterocycles. The zero-order valence-electron chi connectivity index (χ0n) is 8.16. The van der Waals surface area contributed by atoms with Gasteiger partial charge in [0.15, 0.2) is 0 Å². The molecule has 0 saturated carbocycles. The van der Waals surface area contributed by atoms with Gasteiger partial charge in [0, 0.05) is 18.4 Å². The largest absolute Gasteiger partial charge is 1.00 e.